The summed E-state index contributed by atoms with van der Waals surface area (Å²) in [4.78, 5) is 12.9. The molecule has 84 valence electrons. The van der Waals surface area contributed by atoms with E-state index >= 15 is 0 Å². The van der Waals surface area contributed by atoms with Crippen LogP contribution in [0.2, 0.25) is 0 Å². The van der Waals surface area contributed by atoms with Gasteiger partial charge in [0, 0.05) is 20.2 Å². The molecule has 14 heavy (non-hydrogen) atoms. The van der Waals surface area contributed by atoms with Gasteiger partial charge in [0.15, 0.2) is 0 Å². The van der Waals surface area contributed by atoms with Crippen molar-refractivity contribution in [2.24, 2.45) is 0 Å². The molecular weight excluding hydrogens is 184 g/mol. The summed E-state index contributed by atoms with van der Waals surface area (Å²) in [7, 11) is 3.32. The fourth-order valence-corrected chi connectivity index (χ4v) is 1.17. The van der Waals surface area contributed by atoms with Crippen LogP contribution in [0.25, 0.3) is 0 Å². The molecule has 0 aliphatic rings. The first-order valence-corrected chi connectivity index (χ1v) is 4.72. The first-order valence-electron chi connectivity index (χ1n) is 4.72. The molecule has 0 aromatic rings. The van der Waals surface area contributed by atoms with E-state index in [1.807, 2.05) is 6.92 Å². The minimum absolute atomic E-state index is 0.0281. The molecule has 0 aromatic carbocycles. The first-order chi connectivity index (χ1) is 6.60. The van der Waals surface area contributed by atoms with E-state index in [1.165, 1.54) is 7.11 Å². The van der Waals surface area contributed by atoms with E-state index in [0.717, 1.165) is 0 Å². The summed E-state index contributed by atoms with van der Waals surface area (Å²) in [5.41, 5.74) is 0. The average molecular weight is 204 g/mol. The molecule has 1 atom stereocenters. The number of nitrogens with zero attached hydrogens (tertiary/aromatic N) is 1. The maximum atomic E-state index is 11.1. The molecule has 0 saturated heterocycles. The Morgan fingerprint density at radius 2 is 2.29 bits per heavy atom. The van der Waals surface area contributed by atoms with Crippen LogP contribution < -0.4 is 5.32 Å². The molecule has 0 saturated carbocycles. The molecule has 0 aliphatic carbocycles. The monoisotopic (exact) mass is 204 g/mol. The van der Waals surface area contributed by atoms with Crippen LogP contribution in [0.15, 0.2) is 0 Å². The second-order valence-corrected chi connectivity index (χ2v) is 3.26. The largest absolute Gasteiger partial charge is 0.389 e. The standard InChI is InChI=1S/C9H20N2O3/c1-4-10-9(13)6-11(2)5-8(12)7-14-3/h8,12H,4-7H2,1-3H3,(H,10,13). The van der Waals surface area contributed by atoms with Crippen molar-refractivity contribution in [3.63, 3.8) is 0 Å². The smallest absolute Gasteiger partial charge is 0.234 e. The van der Waals surface area contributed by atoms with Crippen LogP contribution in [0.1, 0.15) is 6.92 Å². The third kappa shape index (κ3) is 6.82. The normalized spacial score (nSPS) is 12.9. The highest BCUT2D eigenvalue weighted by Crippen LogP contribution is 1.89. The van der Waals surface area contributed by atoms with Gasteiger partial charge in [-0.05, 0) is 14.0 Å². The second-order valence-electron chi connectivity index (χ2n) is 3.26. The predicted octanol–water partition coefficient (Wildman–Crippen LogP) is -0.938. The van der Waals surface area contributed by atoms with Crippen LogP contribution in [0, 0.1) is 0 Å². The highest BCUT2D eigenvalue weighted by Gasteiger charge is 2.10. The van der Waals surface area contributed by atoms with E-state index in [4.69, 9.17) is 4.74 Å². The number of carbonyl (C=O) groups excluding carboxylic acids is 1. The SMILES string of the molecule is CCNC(=O)CN(C)CC(O)COC. The van der Waals surface area contributed by atoms with E-state index in [1.54, 1.807) is 11.9 Å². The van der Waals surface area contributed by atoms with Gasteiger partial charge in [0.25, 0.3) is 0 Å². The summed E-state index contributed by atoms with van der Waals surface area (Å²) in [6, 6.07) is 0. The lowest BCUT2D eigenvalue weighted by Crippen LogP contribution is -2.39. The number of nitrogens with one attached hydrogen (secondary N) is 1. The average Bonchev–Trinajstić information content (AvgIpc) is 2.03. The summed E-state index contributed by atoms with van der Waals surface area (Å²) < 4.78 is 4.78. The molecule has 5 nitrogen and oxygen atoms in total. The van der Waals surface area contributed by atoms with E-state index in [9.17, 15) is 9.90 Å². The molecule has 1 unspecified atom stereocenters. The summed E-state index contributed by atoms with van der Waals surface area (Å²) >= 11 is 0. The lowest BCUT2D eigenvalue weighted by Gasteiger charge is -2.19. The first kappa shape index (κ1) is 13.4. The Labute approximate surface area is 85.0 Å². The van der Waals surface area contributed by atoms with Gasteiger partial charge in [-0.15, -0.1) is 0 Å². The molecule has 0 spiro atoms. The van der Waals surface area contributed by atoms with Gasteiger partial charge >= 0.3 is 0 Å². The van der Waals surface area contributed by atoms with Crippen LogP contribution in [-0.4, -0.2) is 62.4 Å². The number of hydrogen-bond donors (Lipinski definition) is 2. The Morgan fingerprint density at radius 1 is 1.64 bits per heavy atom. The van der Waals surface area contributed by atoms with Gasteiger partial charge in [0.05, 0.1) is 19.3 Å². The second kappa shape index (κ2) is 7.73. The van der Waals surface area contributed by atoms with Crippen molar-refractivity contribution in [2.75, 3.05) is 40.4 Å². The molecule has 0 radical (unpaired) electrons. The number of rotatable bonds is 7. The highest BCUT2D eigenvalue weighted by molar-refractivity contribution is 5.77. The van der Waals surface area contributed by atoms with E-state index in [-0.39, 0.29) is 5.91 Å². The number of methoxy groups -OCH3 is 1. The Hall–Kier alpha value is -0.650. The zero-order valence-corrected chi connectivity index (χ0v) is 9.12. The number of aliphatic hydroxyl groups excluding tert-OH is 1. The van der Waals surface area contributed by atoms with E-state index < -0.39 is 6.10 Å². The highest BCUT2D eigenvalue weighted by atomic mass is 16.5. The number of amides is 1. The zero-order chi connectivity index (χ0) is 11.0. The van der Waals surface area contributed by atoms with Crippen LogP contribution >= 0.6 is 0 Å². The summed E-state index contributed by atoms with van der Waals surface area (Å²) in [6.45, 7) is 3.53. The summed E-state index contributed by atoms with van der Waals surface area (Å²) in [5, 5.41) is 12.1. The van der Waals surface area contributed by atoms with Gasteiger partial charge in [0.1, 0.15) is 0 Å². The minimum Gasteiger partial charge on any atom is -0.389 e. The van der Waals surface area contributed by atoms with Crippen molar-refractivity contribution in [2.45, 2.75) is 13.0 Å². The third-order valence-electron chi connectivity index (χ3n) is 1.67. The van der Waals surface area contributed by atoms with Gasteiger partial charge in [-0.3, -0.25) is 9.69 Å². The lowest BCUT2D eigenvalue weighted by atomic mass is 10.3. The molecule has 0 bridgehead atoms. The number of ether oxygens (including phenoxy) is 1. The molecule has 0 aliphatic heterocycles. The van der Waals surface area contributed by atoms with E-state index in [0.29, 0.717) is 26.2 Å². The van der Waals surface area contributed by atoms with Crippen molar-refractivity contribution in [3.8, 4) is 0 Å². The van der Waals surface area contributed by atoms with Gasteiger partial charge in [0.2, 0.25) is 5.91 Å². The van der Waals surface area contributed by atoms with Crippen molar-refractivity contribution in [3.05, 3.63) is 0 Å². The van der Waals surface area contributed by atoms with Gasteiger partial charge in [-0.1, -0.05) is 0 Å². The number of carbonyl (C=O) groups is 1. The summed E-state index contributed by atoms with van der Waals surface area (Å²) in [6.07, 6.45) is -0.542. The number of hydrogen-bond acceptors (Lipinski definition) is 4. The maximum Gasteiger partial charge on any atom is 0.234 e. The zero-order valence-electron chi connectivity index (χ0n) is 9.12. The molecule has 2 N–H and O–H groups in total. The Bertz CT molecular complexity index is 164. The number of aliphatic hydroxyl groups is 1. The van der Waals surface area contributed by atoms with Gasteiger partial charge in [-0.25, -0.2) is 0 Å². The summed E-state index contributed by atoms with van der Waals surface area (Å²) in [5.74, 6) is -0.0281. The fraction of sp³-hybridized carbons (Fsp3) is 0.889. The Morgan fingerprint density at radius 3 is 2.79 bits per heavy atom. The van der Waals surface area contributed by atoms with Crippen LogP contribution in [0.5, 0.6) is 0 Å². The van der Waals surface area contributed by atoms with Crippen molar-refractivity contribution in [1.29, 1.82) is 0 Å². The van der Waals surface area contributed by atoms with Crippen LogP contribution in [-0.2, 0) is 9.53 Å². The van der Waals surface area contributed by atoms with Crippen LogP contribution in [0.3, 0.4) is 0 Å². The van der Waals surface area contributed by atoms with Crippen LogP contribution in [0.4, 0.5) is 0 Å². The van der Waals surface area contributed by atoms with Crippen molar-refractivity contribution >= 4 is 5.91 Å². The number of likely N-dealkylation sites (N-methyl/N-ethyl adjacent to an activating group) is 2. The Balaban J connectivity index is 3.63. The third-order valence-corrected chi connectivity index (χ3v) is 1.67. The molecule has 0 rings (SSSR count). The lowest BCUT2D eigenvalue weighted by molar-refractivity contribution is -0.122. The maximum absolute atomic E-state index is 11.1. The quantitative estimate of drug-likeness (QED) is 0.562. The van der Waals surface area contributed by atoms with E-state index in [2.05, 4.69) is 5.32 Å². The molecule has 0 fully saturated rings. The fourth-order valence-electron chi connectivity index (χ4n) is 1.17. The molecule has 5 heteroatoms. The molecule has 0 heterocycles. The predicted molar refractivity (Wildman–Crippen MR) is 54.1 cm³/mol. The Kier molecular flexibility index (Phi) is 7.37. The molecule has 0 aromatic heterocycles. The molecular formula is C9H20N2O3. The van der Waals surface area contributed by atoms with Gasteiger partial charge in [-0.2, -0.15) is 0 Å². The van der Waals surface area contributed by atoms with Gasteiger partial charge < -0.3 is 15.2 Å². The topological polar surface area (TPSA) is 61.8 Å². The minimum atomic E-state index is -0.542. The molecule has 1 amide bonds. The van der Waals surface area contributed by atoms with Crippen molar-refractivity contribution < 1.29 is 14.6 Å². The van der Waals surface area contributed by atoms with Crippen molar-refractivity contribution in [1.82, 2.24) is 10.2 Å².